The van der Waals surface area contributed by atoms with E-state index in [0.29, 0.717) is 0 Å². The number of amides is 1. The van der Waals surface area contributed by atoms with Gasteiger partial charge in [-0.2, -0.15) is 0 Å². The average Bonchev–Trinajstić information content (AvgIpc) is 2.81. The molecular weight excluding hydrogens is 237 g/mol. The van der Waals surface area contributed by atoms with Gasteiger partial charge in [0, 0.05) is 13.0 Å². The third-order valence-corrected chi connectivity index (χ3v) is 2.93. The molecule has 5 heteroatoms. The number of rotatable bonds is 3. The van der Waals surface area contributed by atoms with Gasteiger partial charge in [0.1, 0.15) is 6.61 Å². The van der Waals surface area contributed by atoms with E-state index in [0.717, 1.165) is 5.56 Å². The van der Waals surface area contributed by atoms with Gasteiger partial charge < -0.3 is 9.64 Å². The van der Waals surface area contributed by atoms with Crippen LogP contribution in [0.5, 0.6) is 0 Å². The van der Waals surface area contributed by atoms with E-state index in [-0.39, 0.29) is 32.4 Å². The quantitative estimate of drug-likeness (QED) is 0.771. The van der Waals surface area contributed by atoms with Gasteiger partial charge in [0.15, 0.2) is 12.0 Å². The van der Waals surface area contributed by atoms with Gasteiger partial charge in [-0.05, 0) is 5.56 Å². The first-order valence-corrected chi connectivity index (χ1v) is 5.74. The number of likely N-dealkylation sites (tertiary alicyclic amines) is 1. The summed E-state index contributed by atoms with van der Waals surface area (Å²) in [5.74, 6) is 0. The van der Waals surface area contributed by atoms with Crippen molar-refractivity contribution in [3.63, 3.8) is 0 Å². The molecular formula is C13H14FNO3. The molecule has 0 spiro atoms. The van der Waals surface area contributed by atoms with Crippen LogP contribution in [0.4, 0.5) is 9.18 Å². The van der Waals surface area contributed by atoms with Crippen LogP contribution < -0.4 is 0 Å². The first kappa shape index (κ1) is 12.5. The summed E-state index contributed by atoms with van der Waals surface area (Å²) in [6, 6.07) is 9.23. The summed E-state index contributed by atoms with van der Waals surface area (Å²) in [6.07, 6.45) is -0.283. The van der Waals surface area contributed by atoms with Crippen LogP contribution in [0.1, 0.15) is 12.0 Å². The minimum Gasteiger partial charge on any atom is -0.445 e. The number of benzene rings is 1. The van der Waals surface area contributed by atoms with Gasteiger partial charge in [-0.15, -0.1) is 0 Å². The molecule has 18 heavy (non-hydrogen) atoms. The number of hydrogen-bond donors (Lipinski definition) is 0. The SMILES string of the molecule is O=CC1(F)CCN(C(=O)OCc2ccccc2)C1. The summed E-state index contributed by atoms with van der Waals surface area (Å²) in [4.78, 5) is 23.4. The van der Waals surface area contributed by atoms with E-state index in [4.69, 9.17) is 4.74 Å². The molecule has 1 atom stereocenters. The van der Waals surface area contributed by atoms with Gasteiger partial charge in [-0.25, -0.2) is 9.18 Å². The van der Waals surface area contributed by atoms with Crippen molar-refractivity contribution in [1.82, 2.24) is 4.90 Å². The van der Waals surface area contributed by atoms with Gasteiger partial charge in [0.2, 0.25) is 0 Å². The molecule has 0 aromatic heterocycles. The van der Waals surface area contributed by atoms with Crippen molar-refractivity contribution in [3.8, 4) is 0 Å². The van der Waals surface area contributed by atoms with Crippen LogP contribution in [-0.2, 0) is 16.1 Å². The molecule has 1 aliphatic heterocycles. The second kappa shape index (κ2) is 5.16. The molecule has 0 radical (unpaired) electrons. The first-order chi connectivity index (χ1) is 8.63. The lowest BCUT2D eigenvalue weighted by Crippen LogP contribution is -2.34. The molecule has 0 saturated carbocycles. The number of nitrogens with zero attached hydrogens (tertiary/aromatic N) is 1. The van der Waals surface area contributed by atoms with Gasteiger partial charge >= 0.3 is 6.09 Å². The lowest BCUT2D eigenvalue weighted by atomic mass is 10.1. The molecule has 1 saturated heterocycles. The van der Waals surface area contributed by atoms with Crippen LogP contribution >= 0.6 is 0 Å². The van der Waals surface area contributed by atoms with Gasteiger partial charge in [-0.1, -0.05) is 30.3 Å². The van der Waals surface area contributed by atoms with Crippen molar-refractivity contribution in [2.45, 2.75) is 18.7 Å². The standard InChI is InChI=1S/C13H14FNO3/c14-13(10-16)6-7-15(9-13)12(17)18-8-11-4-2-1-3-5-11/h1-5,10H,6-9H2. The predicted molar refractivity (Wildman–Crippen MR) is 62.7 cm³/mol. The second-order valence-electron chi connectivity index (χ2n) is 4.36. The van der Waals surface area contributed by atoms with Crippen molar-refractivity contribution >= 4 is 12.4 Å². The lowest BCUT2D eigenvalue weighted by Gasteiger charge is -2.16. The number of carbonyl (C=O) groups is 2. The normalized spacial score (nSPS) is 22.8. The molecule has 0 bridgehead atoms. The Kier molecular flexibility index (Phi) is 3.60. The Labute approximate surface area is 104 Å². The van der Waals surface area contributed by atoms with Crippen molar-refractivity contribution in [2.24, 2.45) is 0 Å². The Morgan fingerprint density at radius 3 is 2.78 bits per heavy atom. The monoisotopic (exact) mass is 251 g/mol. The van der Waals surface area contributed by atoms with Crippen LogP contribution in [0.25, 0.3) is 0 Å². The molecule has 2 rings (SSSR count). The molecule has 1 aromatic carbocycles. The highest BCUT2D eigenvalue weighted by Crippen LogP contribution is 2.23. The van der Waals surface area contributed by atoms with Crippen molar-refractivity contribution < 1.29 is 18.7 Å². The number of aldehydes is 1. The number of alkyl halides is 1. The minimum atomic E-state index is -1.91. The molecule has 1 aliphatic rings. The third kappa shape index (κ3) is 2.85. The van der Waals surface area contributed by atoms with Crippen molar-refractivity contribution in [3.05, 3.63) is 35.9 Å². The largest absolute Gasteiger partial charge is 0.445 e. The fourth-order valence-electron chi connectivity index (χ4n) is 1.86. The topological polar surface area (TPSA) is 46.6 Å². The van der Waals surface area contributed by atoms with Crippen LogP contribution in [0.3, 0.4) is 0 Å². The van der Waals surface area contributed by atoms with Gasteiger partial charge in [0.05, 0.1) is 6.54 Å². The summed E-state index contributed by atoms with van der Waals surface area (Å²) in [5, 5.41) is 0. The highest BCUT2D eigenvalue weighted by atomic mass is 19.1. The number of ether oxygens (including phenoxy) is 1. The zero-order chi connectivity index (χ0) is 13.0. The van der Waals surface area contributed by atoms with Crippen LogP contribution in [0.2, 0.25) is 0 Å². The Balaban J connectivity index is 1.85. The summed E-state index contributed by atoms with van der Waals surface area (Å²) < 4.78 is 18.7. The molecule has 96 valence electrons. The minimum absolute atomic E-state index is 0.0386. The maximum Gasteiger partial charge on any atom is 0.410 e. The fraction of sp³-hybridized carbons (Fsp3) is 0.385. The molecule has 0 N–H and O–H groups in total. The number of carbonyl (C=O) groups excluding carboxylic acids is 2. The maximum absolute atomic E-state index is 13.6. The summed E-state index contributed by atoms with van der Waals surface area (Å²) in [6.45, 7) is 0.142. The van der Waals surface area contributed by atoms with E-state index in [1.54, 1.807) is 0 Å². The number of hydrogen-bond acceptors (Lipinski definition) is 3. The van der Waals surface area contributed by atoms with E-state index in [1.165, 1.54) is 4.90 Å². The van der Waals surface area contributed by atoms with Gasteiger partial charge in [0.25, 0.3) is 0 Å². The molecule has 1 amide bonds. The molecule has 1 aromatic rings. The van der Waals surface area contributed by atoms with E-state index in [9.17, 15) is 14.0 Å². The smallest absolute Gasteiger partial charge is 0.410 e. The second-order valence-corrected chi connectivity index (χ2v) is 4.36. The Morgan fingerprint density at radius 1 is 1.44 bits per heavy atom. The van der Waals surface area contributed by atoms with Gasteiger partial charge in [-0.3, -0.25) is 4.79 Å². The van der Waals surface area contributed by atoms with Crippen LogP contribution in [0.15, 0.2) is 30.3 Å². The number of halogens is 1. The summed E-state index contributed by atoms with van der Waals surface area (Å²) >= 11 is 0. The Hall–Kier alpha value is -1.91. The summed E-state index contributed by atoms with van der Waals surface area (Å²) in [5.41, 5.74) is -1.04. The molecule has 1 fully saturated rings. The van der Waals surface area contributed by atoms with E-state index in [1.807, 2.05) is 30.3 Å². The molecule has 1 heterocycles. The highest BCUT2D eigenvalue weighted by molar-refractivity contribution is 5.71. The zero-order valence-electron chi connectivity index (χ0n) is 9.84. The van der Waals surface area contributed by atoms with E-state index >= 15 is 0 Å². The maximum atomic E-state index is 13.6. The predicted octanol–water partition coefficient (Wildman–Crippen LogP) is 1.94. The van der Waals surface area contributed by atoms with Crippen molar-refractivity contribution in [2.75, 3.05) is 13.1 Å². The first-order valence-electron chi connectivity index (χ1n) is 5.74. The third-order valence-electron chi connectivity index (χ3n) is 2.93. The zero-order valence-corrected chi connectivity index (χ0v) is 9.84. The van der Waals surface area contributed by atoms with Crippen LogP contribution in [-0.4, -0.2) is 36.0 Å². The molecule has 1 unspecified atom stereocenters. The fourth-order valence-corrected chi connectivity index (χ4v) is 1.86. The van der Waals surface area contributed by atoms with Crippen molar-refractivity contribution in [1.29, 1.82) is 0 Å². The van der Waals surface area contributed by atoms with Crippen LogP contribution in [0, 0.1) is 0 Å². The van der Waals surface area contributed by atoms with E-state index < -0.39 is 11.8 Å². The lowest BCUT2D eigenvalue weighted by molar-refractivity contribution is -0.117. The summed E-state index contributed by atoms with van der Waals surface area (Å²) in [7, 11) is 0. The Morgan fingerprint density at radius 2 is 2.17 bits per heavy atom. The average molecular weight is 251 g/mol. The molecule has 4 nitrogen and oxygen atoms in total. The Bertz CT molecular complexity index is 437. The molecule has 0 aliphatic carbocycles. The highest BCUT2D eigenvalue weighted by Gasteiger charge is 2.40. The van der Waals surface area contributed by atoms with E-state index in [2.05, 4.69) is 0 Å².